The van der Waals surface area contributed by atoms with Crippen LogP contribution in [-0.4, -0.2) is 36.2 Å². The van der Waals surface area contributed by atoms with Crippen molar-refractivity contribution in [2.45, 2.75) is 0 Å². The van der Waals surface area contributed by atoms with E-state index in [1.165, 1.54) is 37.8 Å². The van der Waals surface area contributed by atoms with E-state index < -0.39 is 10.8 Å². The molecule has 2 heterocycles. The lowest BCUT2D eigenvalue weighted by Crippen LogP contribution is -2.26. The van der Waals surface area contributed by atoms with Crippen molar-refractivity contribution in [3.63, 3.8) is 0 Å². The lowest BCUT2D eigenvalue weighted by molar-refractivity contribution is -0.380. The van der Waals surface area contributed by atoms with Gasteiger partial charge in [0.15, 0.2) is 11.5 Å². The van der Waals surface area contributed by atoms with E-state index in [0.29, 0.717) is 21.3 Å². The van der Waals surface area contributed by atoms with E-state index >= 15 is 0 Å². The van der Waals surface area contributed by atoms with Gasteiger partial charge >= 0.3 is 5.00 Å². The molecule has 33 heavy (non-hydrogen) atoms. The number of nitro groups is 1. The van der Waals surface area contributed by atoms with Gasteiger partial charge in [0.05, 0.1) is 46.0 Å². The maximum atomic E-state index is 13.6. The normalized spacial score (nSPS) is 11.1. The molecule has 0 saturated carbocycles. The number of benzene rings is 2. The zero-order chi connectivity index (χ0) is 23.5. The predicted molar refractivity (Wildman–Crippen MR) is 132 cm³/mol. The summed E-state index contributed by atoms with van der Waals surface area (Å²) in [6.07, 6.45) is 1.39. The van der Waals surface area contributed by atoms with Gasteiger partial charge in [0.1, 0.15) is 0 Å². The van der Waals surface area contributed by atoms with Gasteiger partial charge < -0.3 is 9.47 Å². The molecule has 0 radical (unpaired) electrons. The van der Waals surface area contributed by atoms with Crippen molar-refractivity contribution in [3.05, 3.63) is 73.6 Å². The molecule has 0 aliphatic heterocycles. The topological polar surface area (TPSA) is 107 Å². The van der Waals surface area contributed by atoms with Gasteiger partial charge in [0, 0.05) is 10.5 Å². The van der Waals surface area contributed by atoms with Crippen molar-refractivity contribution >= 4 is 71.1 Å². The summed E-state index contributed by atoms with van der Waals surface area (Å²) >= 11 is 5.68. The summed E-state index contributed by atoms with van der Waals surface area (Å²) in [4.78, 5) is 29.2. The average Bonchev–Trinajstić information content (AvgIpc) is 3.45. The third-order valence-electron chi connectivity index (χ3n) is 4.44. The summed E-state index contributed by atoms with van der Waals surface area (Å²) in [6.45, 7) is 0. The molecule has 168 valence electrons. The number of thiophene rings is 1. The summed E-state index contributed by atoms with van der Waals surface area (Å²) in [5, 5.41) is 16.8. The summed E-state index contributed by atoms with van der Waals surface area (Å²) in [5.74, 6) is 0.168. The lowest BCUT2D eigenvalue weighted by Gasteiger charge is -2.17. The van der Waals surface area contributed by atoms with Crippen LogP contribution < -0.4 is 14.5 Å². The first kappa shape index (κ1) is 22.8. The number of hydrogen-bond acceptors (Lipinski definition) is 9. The van der Waals surface area contributed by atoms with Crippen molar-refractivity contribution in [3.8, 4) is 11.5 Å². The molecule has 0 aliphatic rings. The van der Waals surface area contributed by atoms with Gasteiger partial charge in [-0.15, -0.1) is 0 Å². The number of hydrogen-bond donors (Lipinski definition) is 0. The second-order valence-electron chi connectivity index (χ2n) is 6.44. The Morgan fingerprint density at radius 3 is 2.70 bits per heavy atom. The Morgan fingerprint density at radius 2 is 2.00 bits per heavy atom. The van der Waals surface area contributed by atoms with Crippen LogP contribution >= 0.6 is 38.6 Å². The number of hydrazone groups is 1. The van der Waals surface area contributed by atoms with Crippen molar-refractivity contribution in [2.75, 3.05) is 19.2 Å². The largest absolute Gasteiger partial charge is 0.493 e. The van der Waals surface area contributed by atoms with Crippen LogP contribution in [0, 0.1) is 10.1 Å². The van der Waals surface area contributed by atoms with Crippen LogP contribution in [0.4, 0.5) is 10.1 Å². The number of amides is 1. The number of ether oxygens (including phenoxy) is 2. The SMILES string of the molecule is COc1cccc(C(=O)N(/N=C/c2ccc([N+](=O)[O-])s2)c2nc3ccc(Br)cc3s2)c1OC. The van der Waals surface area contributed by atoms with Gasteiger partial charge in [-0.25, -0.2) is 4.98 Å². The van der Waals surface area contributed by atoms with Crippen LogP contribution in [-0.2, 0) is 0 Å². The maximum absolute atomic E-state index is 13.6. The van der Waals surface area contributed by atoms with Gasteiger partial charge in [0.25, 0.3) is 5.91 Å². The van der Waals surface area contributed by atoms with Crippen LogP contribution in [0.2, 0.25) is 0 Å². The lowest BCUT2D eigenvalue weighted by atomic mass is 10.1. The fourth-order valence-electron chi connectivity index (χ4n) is 2.96. The third-order valence-corrected chi connectivity index (χ3v) is 6.90. The minimum absolute atomic E-state index is 0.0198. The number of anilines is 1. The van der Waals surface area contributed by atoms with E-state index in [1.807, 2.05) is 18.2 Å². The van der Waals surface area contributed by atoms with E-state index in [1.54, 1.807) is 24.3 Å². The number of aromatic nitrogens is 1. The monoisotopic (exact) mass is 546 g/mol. The van der Waals surface area contributed by atoms with Gasteiger partial charge in [-0.1, -0.05) is 44.7 Å². The smallest absolute Gasteiger partial charge is 0.324 e. The highest BCUT2D eigenvalue weighted by Crippen LogP contribution is 2.35. The van der Waals surface area contributed by atoms with Crippen molar-refractivity contribution in [1.82, 2.24) is 4.98 Å². The molecule has 4 aromatic rings. The second-order valence-corrected chi connectivity index (χ2v) is 9.46. The zero-order valence-corrected chi connectivity index (χ0v) is 20.4. The van der Waals surface area contributed by atoms with E-state index in [4.69, 9.17) is 9.47 Å². The maximum Gasteiger partial charge on any atom is 0.324 e. The summed E-state index contributed by atoms with van der Waals surface area (Å²) in [5.41, 5.74) is 0.933. The van der Waals surface area contributed by atoms with E-state index in [2.05, 4.69) is 26.0 Å². The molecule has 0 saturated heterocycles. The van der Waals surface area contributed by atoms with E-state index in [-0.39, 0.29) is 16.3 Å². The first-order valence-electron chi connectivity index (χ1n) is 9.31. The van der Waals surface area contributed by atoms with Crippen molar-refractivity contribution in [2.24, 2.45) is 5.10 Å². The van der Waals surface area contributed by atoms with Crippen LogP contribution in [0.1, 0.15) is 15.2 Å². The third kappa shape index (κ3) is 4.72. The number of carbonyl (C=O) groups excluding carboxylic acids is 1. The van der Waals surface area contributed by atoms with Crippen molar-refractivity contribution < 1.29 is 19.2 Å². The number of para-hydroxylation sites is 1. The Kier molecular flexibility index (Phi) is 6.67. The Bertz CT molecular complexity index is 1380. The van der Waals surface area contributed by atoms with Crippen LogP contribution in [0.15, 0.2) is 58.1 Å². The summed E-state index contributed by atoms with van der Waals surface area (Å²) < 4.78 is 12.5. The Morgan fingerprint density at radius 1 is 1.18 bits per heavy atom. The quantitative estimate of drug-likeness (QED) is 0.166. The average molecular weight is 547 g/mol. The molecule has 0 bridgehead atoms. The molecule has 0 N–H and O–H groups in total. The molecule has 2 aromatic heterocycles. The molecule has 4 rings (SSSR count). The predicted octanol–water partition coefficient (Wildman–Crippen LogP) is 5.73. The molecule has 0 spiro atoms. The molecule has 0 unspecified atom stereocenters. The molecule has 9 nitrogen and oxygen atoms in total. The highest BCUT2D eigenvalue weighted by atomic mass is 79.9. The molecule has 12 heteroatoms. The first-order valence-corrected chi connectivity index (χ1v) is 11.7. The standard InChI is InChI=1S/C21H15BrN4O5S2/c1-30-16-5-3-4-14(19(16)31-2)20(27)25(23-11-13-7-9-18(32-13)26(28)29)21-24-15-8-6-12(22)10-17(15)33-21/h3-11H,1-2H3/b23-11+. The fourth-order valence-corrected chi connectivity index (χ4v) is 5.12. The second kappa shape index (κ2) is 9.65. The number of fused-ring (bicyclic) bond motifs is 1. The van der Waals surface area contributed by atoms with Gasteiger partial charge in [-0.3, -0.25) is 14.9 Å². The Labute approximate surface area is 204 Å². The summed E-state index contributed by atoms with van der Waals surface area (Å²) in [6, 6.07) is 13.5. The van der Waals surface area contributed by atoms with Crippen molar-refractivity contribution in [1.29, 1.82) is 0 Å². The highest BCUT2D eigenvalue weighted by molar-refractivity contribution is 9.10. The van der Waals surface area contributed by atoms with Gasteiger partial charge in [0.2, 0.25) is 5.13 Å². The molecule has 2 aromatic carbocycles. The number of nitrogens with zero attached hydrogens (tertiary/aromatic N) is 4. The van der Waals surface area contributed by atoms with Gasteiger partial charge in [-0.05, 0) is 36.4 Å². The zero-order valence-electron chi connectivity index (χ0n) is 17.2. The molecule has 0 fully saturated rings. The number of methoxy groups -OCH3 is 2. The highest BCUT2D eigenvalue weighted by Gasteiger charge is 2.26. The molecule has 0 aliphatic carbocycles. The minimum atomic E-state index is -0.494. The molecule has 1 amide bonds. The Hall–Kier alpha value is -3.35. The van der Waals surface area contributed by atoms with E-state index in [0.717, 1.165) is 25.5 Å². The Balaban J connectivity index is 1.80. The van der Waals surface area contributed by atoms with Crippen LogP contribution in [0.3, 0.4) is 0 Å². The minimum Gasteiger partial charge on any atom is -0.493 e. The molecular weight excluding hydrogens is 532 g/mol. The van der Waals surface area contributed by atoms with E-state index in [9.17, 15) is 14.9 Å². The number of thiazole rings is 1. The molecular formula is C21H15BrN4O5S2. The molecule has 0 atom stereocenters. The number of rotatable bonds is 7. The first-order chi connectivity index (χ1) is 15.9. The number of halogens is 1. The fraction of sp³-hybridized carbons (Fsp3) is 0.0952. The summed E-state index contributed by atoms with van der Waals surface area (Å²) in [7, 11) is 2.93. The number of carbonyl (C=O) groups is 1. The van der Waals surface area contributed by atoms with Crippen LogP contribution in [0.25, 0.3) is 10.2 Å². The van der Waals surface area contributed by atoms with Crippen LogP contribution in [0.5, 0.6) is 11.5 Å². The van der Waals surface area contributed by atoms with Gasteiger partial charge in [-0.2, -0.15) is 10.1 Å².